The summed E-state index contributed by atoms with van der Waals surface area (Å²) in [6.45, 7) is 2.06. The molecule has 2 aromatic rings. The van der Waals surface area contributed by atoms with Crippen LogP contribution in [0.25, 0.3) is 0 Å². The molecule has 0 bridgehead atoms. The van der Waals surface area contributed by atoms with Crippen LogP contribution in [-0.2, 0) is 6.42 Å². The van der Waals surface area contributed by atoms with E-state index in [1.54, 1.807) is 18.2 Å². The van der Waals surface area contributed by atoms with Gasteiger partial charge in [-0.05, 0) is 24.1 Å². The fourth-order valence-corrected chi connectivity index (χ4v) is 2.65. The van der Waals surface area contributed by atoms with Crippen molar-refractivity contribution in [3.8, 4) is 17.7 Å². The average Bonchev–Trinajstić information content (AvgIpc) is 2.88. The standard InChI is InChI=1S/C16H16N4O2/c1-2-4-12-19-14-13(9-5-3-6-10(21)7-9)11(8-17)15(18)22-16(14)20-12/h3,5-7,13,21H,2,4,18H2,1H3,(H,19,20)/t13-/m0/s1. The molecule has 4 N–H and O–H groups in total. The summed E-state index contributed by atoms with van der Waals surface area (Å²) in [5, 5.41) is 19.2. The Labute approximate surface area is 127 Å². The number of rotatable bonds is 3. The van der Waals surface area contributed by atoms with Crippen molar-refractivity contribution in [3.63, 3.8) is 0 Å². The van der Waals surface area contributed by atoms with Crippen molar-refractivity contribution in [1.29, 1.82) is 5.26 Å². The Bertz CT molecular complexity index is 786. The van der Waals surface area contributed by atoms with Crippen LogP contribution in [0.4, 0.5) is 0 Å². The van der Waals surface area contributed by atoms with E-state index in [0.29, 0.717) is 17.1 Å². The van der Waals surface area contributed by atoms with Gasteiger partial charge in [-0.3, -0.25) is 0 Å². The number of aromatic amines is 1. The number of fused-ring (bicyclic) bond motifs is 1. The predicted octanol–water partition coefficient (Wildman–Crippen LogP) is 2.29. The number of phenolic OH excluding ortho intramolecular Hbond substituents is 1. The van der Waals surface area contributed by atoms with Gasteiger partial charge >= 0.3 is 0 Å². The molecule has 6 nitrogen and oxygen atoms in total. The second-order valence-electron chi connectivity index (χ2n) is 5.17. The fourth-order valence-electron chi connectivity index (χ4n) is 2.65. The monoisotopic (exact) mass is 296 g/mol. The van der Waals surface area contributed by atoms with Gasteiger partial charge in [-0.25, -0.2) is 0 Å². The Morgan fingerprint density at radius 3 is 3.00 bits per heavy atom. The van der Waals surface area contributed by atoms with Crippen molar-refractivity contribution in [3.05, 3.63) is 52.8 Å². The molecular weight excluding hydrogens is 280 g/mol. The summed E-state index contributed by atoms with van der Waals surface area (Å²) in [6, 6.07) is 8.87. The van der Waals surface area contributed by atoms with E-state index in [9.17, 15) is 10.4 Å². The minimum absolute atomic E-state index is 0.0536. The Hall–Kier alpha value is -2.94. The van der Waals surface area contributed by atoms with Crippen molar-refractivity contribution in [1.82, 2.24) is 9.97 Å². The molecule has 0 fully saturated rings. The van der Waals surface area contributed by atoms with E-state index in [0.717, 1.165) is 24.2 Å². The molecule has 0 spiro atoms. The molecule has 1 aliphatic rings. The molecule has 1 aromatic carbocycles. The number of H-pyrrole nitrogens is 1. The number of ether oxygens (including phenoxy) is 1. The third-order valence-corrected chi connectivity index (χ3v) is 3.61. The summed E-state index contributed by atoms with van der Waals surface area (Å²) in [4.78, 5) is 7.62. The highest BCUT2D eigenvalue weighted by Crippen LogP contribution is 2.41. The van der Waals surface area contributed by atoms with Crippen LogP contribution in [0.15, 0.2) is 35.7 Å². The third-order valence-electron chi connectivity index (χ3n) is 3.61. The summed E-state index contributed by atoms with van der Waals surface area (Å²) in [6.07, 6.45) is 1.72. The number of nitriles is 1. The fraction of sp³-hybridized carbons (Fsp3) is 0.250. The SMILES string of the molecule is CCCc1nc2c([nH]1)[C@@H](c1cccc(O)c1)C(C#N)=C(N)O2. The van der Waals surface area contributed by atoms with Gasteiger partial charge in [0.25, 0.3) is 0 Å². The van der Waals surface area contributed by atoms with Crippen LogP contribution in [0.1, 0.15) is 36.3 Å². The Kier molecular flexibility index (Phi) is 3.47. The minimum atomic E-state index is -0.418. The highest BCUT2D eigenvalue weighted by molar-refractivity contribution is 5.52. The van der Waals surface area contributed by atoms with Crippen LogP contribution in [0.5, 0.6) is 11.6 Å². The number of nitrogens with two attached hydrogens (primary N) is 1. The van der Waals surface area contributed by atoms with Crippen LogP contribution < -0.4 is 10.5 Å². The second kappa shape index (κ2) is 5.45. The molecule has 22 heavy (non-hydrogen) atoms. The van der Waals surface area contributed by atoms with Crippen LogP contribution in [0.3, 0.4) is 0 Å². The normalized spacial score (nSPS) is 16.8. The first-order valence-electron chi connectivity index (χ1n) is 7.09. The van der Waals surface area contributed by atoms with E-state index in [1.165, 1.54) is 0 Å². The molecule has 0 amide bonds. The zero-order chi connectivity index (χ0) is 15.7. The third kappa shape index (κ3) is 2.27. The molecule has 6 heteroatoms. The van der Waals surface area contributed by atoms with Gasteiger partial charge in [-0.15, -0.1) is 0 Å². The van der Waals surface area contributed by atoms with Gasteiger partial charge in [0, 0.05) is 6.42 Å². The lowest BCUT2D eigenvalue weighted by atomic mass is 9.88. The quantitative estimate of drug-likeness (QED) is 0.805. The lowest BCUT2D eigenvalue weighted by Crippen LogP contribution is -2.21. The first-order valence-corrected chi connectivity index (χ1v) is 7.09. The summed E-state index contributed by atoms with van der Waals surface area (Å²) in [5.41, 5.74) is 7.64. The smallest absolute Gasteiger partial charge is 0.243 e. The van der Waals surface area contributed by atoms with Gasteiger partial charge in [-0.1, -0.05) is 19.1 Å². The second-order valence-corrected chi connectivity index (χ2v) is 5.17. The van der Waals surface area contributed by atoms with Crippen LogP contribution in [0.2, 0.25) is 0 Å². The molecule has 1 aromatic heterocycles. The maximum absolute atomic E-state index is 9.72. The van der Waals surface area contributed by atoms with Crippen molar-refractivity contribution in [2.75, 3.05) is 0 Å². The number of hydrogen-bond donors (Lipinski definition) is 3. The Morgan fingerprint density at radius 1 is 1.50 bits per heavy atom. The van der Waals surface area contributed by atoms with Crippen LogP contribution >= 0.6 is 0 Å². The van der Waals surface area contributed by atoms with Crippen molar-refractivity contribution in [2.24, 2.45) is 5.73 Å². The van der Waals surface area contributed by atoms with E-state index < -0.39 is 5.92 Å². The average molecular weight is 296 g/mol. The predicted molar refractivity (Wildman–Crippen MR) is 80.0 cm³/mol. The Morgan fingerprint density at radius 2 is 2.32 bits per heavy atom. The Balaban J connectivity index is 2.15. The van der Waals surface area contributed by atoms with Gasteiger partial charge in [0.1, 0.15) is 23.2 Å². The molecule has 0 unspecified atom stereocenters. The molecule has 112 valence electrons. The summed E-state index contributed by atoms with van der Waals surface area (Å²) in [5.74, 6) is 0.962. The number of aryl methyl sites for hydroxylation is 1. The molecule has 0 saturated heterocycles. The summed E-state index contributed by atoms with van der Waals surface area (Å²) >= 11 is 0. The number of phenols is 1. The number of imidazole rings is 1. The largest absolute Gasteiger partial charge is 0.508 e. The number of aromatic nitrogens is 2. The zero-order valence-corrected chi connectivity index (χ0v) is 12.1. The van der Waals surface area contributed by atoms with E-state index in [2.05, 4.69) is 23.0 Å². The van der Waals surface area contributed by atoms with Crippen molar-refractivity contribution >= 4 is 0 Å². The minimum Gasteiger partial charge on any atom is -0.508 e. The number of benzene rings is 1. The summed E-state index contributed by atoms with van der Waals surface area (Å²) < 4.78 is 5.47. The first-order chi connectivity index (χ1) is 10.6. The van der Waals surface area contributed by atoms with E-state index in [1.807, 2.05) is 6.07 Å². The lowest BCUT2D eigenvalue weighted by Gasteiger charge is -2.22. The number of nitrogens with one attached hydrogen (secondary N) is 1. The molecule has 2 heterocycles. The highest BCUT2D eigenvalue weighted by Gasteiger charge is 2.33. The van der Waals surface area contributed by atoms with E-state index in [-0.39, 0.29) is 11.6 Å². The van der Waals surface area contributed by atoms with E-state index >= 15 is 0 Å². The summed E-state index contributed by atoms with van der Waals surface area (Å²) in [7, 11) is 0. The zero-order valence-electron chi connectivity index (χ0n) is 12.1. The van der Waals surface area contributed by atoms with E-state index in [4.69, 9.17) is 10.5 Å². The molecule has 3 rings (SSSR count). The number of hydrogen-bond acceptors (Lipinski definition) is 5. The maximum atomic E-state index is 9.72. The van der Waals surface area contributed by atoms with Crippen molar-refractivity contribution in [2.45, 2.75) is 25.7 Å². The first kappa shape index (κ1) is 14.0. The van der Waals surface area contributed by atoms with Crippen LogP contribution in [0, 0.1) is 11.3 Å². The van der Waals surface area contributed by atoms with Gasteiger partial charge in [-0.2, -0.15) is 10.2 Å². The molecule has 0 radical (unpaired) electrons. The molecule has 0 saturated carbocycles. The number of allylic oxidation sites excluding steroid dienone is 1. The molecular formula is C16H16N4O2. The highest BCUT2D eigenvalue weighted by atomic mass is 16.5. The topological polar surface area (TPSA) is 108 Å². The lowest BCUT2D eigenvalue weighted by molar-refractivity contribution is 0.379. The number of nitrogens with zero attached hydrogens (tertiary/aromatic N) is 2. The van der Waals surface area contributed by atoms with Gasteiger partial charge in [0.2, 0.25) is 11.8 Å². The molecule has 0 aliphatic carbocycles. The maximum Gasteiger partial charge on any atom is 0.243 e. The van der Waals surface area contributed by atoms with Gasteiger partial charge < -0.3 is 20.6 Å². The molecule has 1 atom stereocenters. The van der Waals surface area contributed by atoms with Gasteiger partial charge in [0.05, 0.1) is 11.6 Å². The molecule has 1 aliphatic heterocycles. The van der Waals surface area contributed by atoms with Gasteiger partial charge in [0.15, 0.2) is 0 Å². The van der Waals surface area contributed by atoms with Crippen LogP contribution in [-0.4, -0.2) is 15.1 Å². The number of aromatic hydroxyl groups is 1. The van der Waals surface area contributed by atoms with Crippen molar-refractivity contribution < 1.29 is 9.84 Å².